The van der Waals surface area contributed by atoms with Gasteiger partial charge in [-0.1, -0.05) is 29.8 Å². The molecule has 2 aromatic carbocycles. The highest BCUT2D eigenvalue weighted by atomic mass is 32.2. The summed E-state index contributed by atoms with van der Waals surface area (Å²) in [7, 11) is 0. The molecule has 2 aromatic rings. The monoisotopic (exact) mass is 404 g/mol. The van der Waals surface area contributed by atoms with Crippen LogP contribution in [0.15, 0.2) is 53.4 Å². The summed E-state index contributed by atoms with van der Waals surface area (Å²) < 4.78 is 0.464. The lowest BCUT2D eigenvalue weighted by Crippen LogP contribution is -2.42. The second kappa shape index (κ2) is 9.39. The molecule has 0 aliphatic carbocycles. The van der Waals surface area contributed by atoms with Crippen molar-refractivity contribution in [2.24, 2.45) is 0 Å². The van der Waals surface area contributed by atoms with Crippen molar-refractivity contribution in [3.63, 3.8) is 0 Å². The molecule has 2 N–H and O–H groups in total. The van der Waals surface area contributed by atoms with Gasteiger partial charge >= 0.3 is 0 Å². The van der Waals surface area contributed by atoms with E-state index in [1.165, 1.54) is 34.4 Å². The number of aryl methyl sites for hydroxylation is 1. The van der Waals surface area contributed by atoms with Gasteiger partial charge in [0.05, 0.1) is 10.3 Å². The molecule has 1 aliphatic rings. The maximum absolute atomic E-state index is 12.2. The Hall–Kier alpha value is -1.57. The van der Waals surface area contributed by atoms with Gasteiger partial charge in [-0.15, -0.1) is 35.3 Å². The first-order chi connectivity index (χ1) is 12.6. The van der Waals surface area contributed by atoms with Crippen LogP contribution in [-0.2, 0) is 4.79 Å². The molecule has 136 valence electrons. The van der Waals surface area contributed by atoms with E-state index in [0.717, 1.165) is 4.90 Å². The second-order valence-electron chi connectivity index (χ2n) is 5.80. The van der Waals surface area contributed by atoms with Gasteiger partial charge < -0.3 is 0 Å². The topological polar surface area (TPSA) is 58.2 Å². The summed E-state index contributed by atoms with van der Waals surface area (Å²) in [6, 6.07) is 15.6. The van der Waals surface area contributed by atoms with Crippen LogP contribution in [0.5, 0.6) is 0 Å². The molecule has 0 saturated carbocycles. The van der Waals surface area contributed by atoms with Gasteiger partial charge in [-0.2, -0.15) is 0 Å². The number of hydrogen-bond donors (Lipinski definition) is 2. The van der Waals surface area contributed by atoms with E-state index in [4.69, 9.17) is 0 Å². The molecule has 3 rings (SSSR count). The number of amides is 2. The molecule has 1 heterocycles. The molecule has 2 amide bonds. The summed E-state index contributed by atoms with van der Waals surface area (Å²) in [5.74, 6) is 2.04. The van der Waals surface area contributed by atoms with Crippen LogP contribution in [0, 0.1) is 6.92 Å². The van der Waals surface area contributed by atoms with E-state index in [9.17, 15) is 9.59 Å². The number of hydrogen-bond acceptors (Lipinski definition) is 5. The molecule has 0 bridgehead atoms. The lowest BCUT2D eigenvalue weighted by Gasteiger charge is -2.10. The third kappa shape index (κ3) is 5.46. The summed E-state index contributed by atoms with van der Waals surface area (Å²) in [6.07, 6.45) is 0. The lowest BCUT2D eigenvalue weighted by molar-refractivity contribution is -0.119. The van der Waals surface area contributed by atoms with E-state index in [1.54, 1.807) is 12.1 Å². The first-order valence-electron chi connectivity index (χ1n) is 8.23. The second-order valence-corrected chi connectivity index (χ2v) is 9.57. The Morgan fingerprint density at radius 1 is 1.00 bits per heavy atom. The first-order valence-corrected chi connectivity index (χ1v) is 11.3. The molecule has 0 radical (unpaired) electrons. The van der Waals surface area contributed by atoms with Crippen LogP contribution in [0.1, 0.15) is 26.1 Å². The van der Waals surface area contributed by atoms with E-state index in [-0.39, 0.29) is 17.6 Å². The fraction of sp³-hybridized carbons (Fsp3) is 0.263. The highest BCUT2D eigenvalue weighted by Gasteiger charge is 2.18. The van der Waals surface area contributed by atoms with Crippen molar-refractivity contribution < 1.29 is 9.59 Å². The van der Waals surface area contributed by atoms with Crippen LogP contribution in [0.25, 0.3) is 0 Å². The third-order valence-corrected chi connectivity index (χ3v) is 7.89. The minimum atomic E-state index is -0.308. The number of benzene rings is 2. The van der Waals surface area contributed by atoms with Crippen LogP contribution in [-0.4, -0.2) is 29.1 Å². The maximum atomic E-state index is 12.2. The lowest BCUT2D eigenvalue weighted by atomic mass is 10.1. The molecular weight excluding hydrogens is 384 g/mol. The molecule has 1 fully saturated rings. The summed E-state index contributed by atoms with van der Waals surface area (Å²) in [4.78, 5) is 25.1. The van der Waals surface area contributed by atoms with E-state index >= 15 is 0 Å². The SMILES string of the molecule is Cc1ccc(SCC(=O)NNC(=O)c2ccc(C3SCCS3)cc2)cc1. The van der Waals surface area contributed by atoms with Crippen molar-refractivity contribution in [1.82, 2.24) is 10.9 Å². The third-order valence-electron chi connectivity index (χ3n) is 3.77. The highest BCUT2D eigenvalue weighted by molar-refractivity contribution is 8.19. The zero-order chi connectivity index (χ0) is 18.4. The summed E-state index contributed by atoms with van der Waals surface area (Å²) in [6.45, 7) is 2.02. The van der Waals surface area contributed by atoms with E-state index in [0.29, 0.717) is 10.1 Å². The van der Waals surface area contributed by atoms with E-state index < -0.39 is 0 Å². The molecule has 4 nitrogen and oxygen atoms in total. The Kier molecular flexibility index (Phi) is 6.93. The zero-order valence-corrected chi connectivity index (χ0v) is 16.8. The Morgan fingerprint density at radius 2 is 1.65 bits per heavy atom. The quantitative estimate of drug-likeness (QED) is 0.582. The van der Waals surface area contributed by atoms with Gasteiger partial charge in [0.15, 0.2) is 0 Å². The molecule has 0 spiro atoms. The van der Waals surface area contributed by atoms with Crippen LogP contribution in [0.4, 0.5) is 0 Å². The smallest absolute Gasteiger partial charge is 0.269 e. The Bertz CT molecular complexity index is 757. The summed E-state index contributed by atoms with van der Waals surface area (Å²) >= 11 is 5.30. The van der Waals surface area contributed by atoms with Gasteiger partial charge in [0, 0.05) is 22.0 Å². The summed E-state index contributed by atoms with van der Waals surface area (Å²) in [5.41, 5.74) is 7.88. The molecule has 1 saturated heterocycles. The normalized spacial score (nSPS) is 14.2. The number of hydrazine groups is 1. The van der Waals surface area contributed by atoms with Gasteiger partial charge in [0.2, 0.25) is 5.91 Å². The van der Waals surface area contributed by atoms with Gasteiger partial charge in [-0.05, 0) is 36.8 Å². The fourth-order valence-electron chi connectivity index (χ4n) is 2.36. The zero-order valence-electron chi connectivity index (χ0n) is 14.4. The van der Waals surface area contributed by atoms with Crippen LogP contribution in [0.2, 0.25) is 0 Å². The first kappa shape index (κ1) is 19.2. The highest BCUT2D eigenvalue weighted by Crippen LogP contribution is 2.45. The molecule has 7 heteroatoms. The van der Waals surface area contributed by atoms with Crippen molar-refractivity contribution in [3.8, 4) is 0 Å². The summed E-state index contributed by atoms with van der Waals surface area (Å²) in [5, 5.41) is 0. The Labute approximate surface area is 166 Å². The number of carbonyl (C=O) groups excluding carboxylic acids is 2. The van der Waals surface area contributed by atoms with E-state index in [1.807, 2.05) is 66.8 Å². The van der Waals surface area contributed by atoms with Gasteiger partial charge in [-0.25, -0.2) is 0 Å². The molecule has 0 atom stereocenters. The molecule has 0 unspecified atom stereocenters. The molecule has 26 heavy (non-hydrogen) atoms. The average Bonchev–Trinajstić information content (AvgIpc) is 3.20. The van der Waals surface area contributed by atoms with Crippen LogP contribution in [0.3, 0.4) is 0 Å². The maximum Gasteiger partial charge on any atom is 0.269 e. The predicted octanol–water partition coefficient (Wildman–Crippen LogP) is 4.03. The predicted molar refractivity (Wildman–Crippen MR) is 112 cm³/mol. The van der Waals surface area contributed by atoms with Gasteiger partial charge in [0.1, 0.15) is 0 Å². The Morgan fingerprint density at radius 3 is 2.31 bits per heavy atom. The van der Waals surface area contributed by atoms with E-state index in [2.05, 4.69) is 10.9 Å². The van der Waals surface area contributed by atoms with Gasteiger partial charge in [0.25, 0.3) is 5.91 Å². The minimum absolute atomic E-state index is 0.237. The minimum Gasteiger partial charge on any atom is -0.272 e. The van der Waals surface area contributed by atoms with Crippen molar-refractivity contribution >= 4 is 47.1 Å². The fourth-order valence-corrected chi connectivity index (χ4v) is 5.92. The standard InChI is InChI=1S/C19H20N2O2S3/c1-13-2-8-16(9-3-13)26-12-17(22)20-21-18(23)14-4-6-15(7-5-14)19-24-10-11-25-19/h2-9,19H,10-12H2,1H3,(H,20,22)(H,21,23). The van der Waals surface area contributed by atoms with Crippen molar-refractivity contribution in [1.29, 1.82) is 0 Å². The molecule has 0 aromatic heterocycles. The Balaban J connectivity index is 1.44. The van der Waals surface area contributed by atoms with Crippen molar-refractivity contribution in [2.75, 3.05) is 17.3 Å². The van der Waals surface area contributed by atoms with Crippen LogP contribution >= 0.6 is 35.3 Å². The number of rotatable bonds is 5. The molecular formula is C19H20N2O2S3. The largest absolute Gasteiger partial charge is 0.272 e. The van der Waals surface area contributed by atoms with Gasteiger partial charge in [-0.3, -0.25) is 20.4 Å². The van der Waals surface area contributed by atoms with Crippen molar-refractivity contribution in [2.45, 2.75) is 16.4 Å². The van der Waals surface area contributed by atoms with Crippen LogP contribution < -0.4 is 10.9 Å². The average molecular weight is 405 g/mol. The molecule has 1 aliphatic heterocycles. The number of nitrogens with one attached hydrogen (secondary N) is 2. The number of thioether (sulfide) groups is 3. The van der Waals surface area contributed by atoms with Crippen molar-refractivity contribution in [3.05, 3.63) is 65.2 Å². The number of carbonyl (C=O) groups is 2.